The van der Waals surface area contributed by atoms with Crippen molar-refractivity contribution in [1.82, 2.24) is 15.5 Å². The number of carboxylic acids is 2. The molecule has 11 nitrogen and oxygen atoms in total. The summed E-state index contributed by atoms with van der Waals surface area (Å²) < 4.78 is 0. The Bertz CT molecular complexity index is 705. The summed E-state index contributed by atoms with van der Waals surface area (Å²) in [5, 5.41) is 23.5. The minimum absolute atomic E-state index is 0.262. The molecule has 0 saturated carbocycles. The van der Waals surface area contributed by atoms with E-state index >= 15 is 0 Å². The van der Waals surface area contributed by atoms with Gasteiger partial charge in [0.15, 0.2) is 0 Å². The van der Waals surface area contributed by atoms with Crippen LogP contribution < -0.4 is 16.4 Å². The molecule has 32 heavy (non-hydrogen) atoms. The molecule has 6 N–H and O–H groups in total. The third-order valence-corrected chi connectivity index (χ3v) is 6.22. The number of hydrogen-bond donors (Lipinski definition) is 5. The molecule has 5 unspecified atom stereocenters. The topological polar surface area (TPSA) is 179 Å². The minimum atomic E-state index is -1.42. The molecule has 1 saturated heterocycles. The van der Waals surface area contributed by atoms with E-state index in [4.69, 9.17) is 5.73 Å². The molecule has 0 aliphatic carbocycles. The van der Waals surface area contributed by atoms with Gasteiger partial charge in [-0.3, -0.25) is 19.2 Å². The van der Waals surface area contributed by atoms with Crippen LogP contribution in [-0.2, 0) is 24.0 Å². The summed E-state index contributed by atoms with van der Waals surface area (Å²) in [6.07, 6.45) is 2.90. The average molecular weight is 475 g/mol. The van der Waals surface area contributed by atoms with Crippen molar-refractivity contribution in [2.45, 2.75) is 70.1 Å². The second-order valence-electron chi connectivity index (χ2n) is 7.95. The van der Waals surface area contributed by atoms with Crippen LogP contribution in [0.2, 0.25) is 0 Å². The maximum Gasteiger partial charge on any atom is 0.326 e. The van der Waals surface area contributed by atoms with Gasteiger partial charge in [0.2, 0.25) is 17.7 Å². The smallest absolute Gasteiger partial charge is 0.326 e. The van der Waals surface area contributed by atoms with Gasteiger partial charge in [0.05, 0.1) is 12.5 Å². The Kier molecular flexibility index (Phi) is 11.5. The van der Waals surface area contributed by atoms with Crippen LogP contribution in [0.25, 0.3) is 0 Å². The summed E-state index contributed by atoms with van der Waals surface area (Å²) in [5.41, 5.74) is 5.81. The highest BCUT2D eigenvalue weighted by Gasteiger charge is 2.40. The molecule has 0 aromatic carbocycles. The summed E-state index contributed by atoms with van der Waals surface area (Å²) in [6.45, 7) is 3.81. The first-order valence-corrected chi connectivity index (χ1v) is 12.0. The van der Waals surface area contributed by atoms with Crippen LogP contribution in [0.5, 0.6) is 0 Å². The zero-order chi connectivity index (χ0) is 24.4. The Hall–Kier alpha value is -2.34. The van der Waals surface area contributed by atoms with E-state index in [1.54, 1.807) is 6.92 Å². The molecule has 1 heterocycles. The van der Waals surface area contributed by atoms with Crippen LogP contribution in [0.15, 0.2) is 0 Å². The standard InChI is InChI=1S/C20H34N4O7S/c1-4-11(2)16(19(29)24-8-5-6-14(24)20(30)31)23-18(28)13(10-15(25)26)22-17(27)12(21)7-9-32-3/h11-14,16H,4-10,21H2,1-3H3,(H,22,27)(H,23,28)(H,25,26)(H,30,31). The number of hydrogen-bond acceptors (Lipinski definition) is 7. The maximum absolute atomic E-state index is 13.1. The highest BCUT2D eigenvalue weighted by atomic mass is 32.2. The highest BCUT2D eigenvalue weighted by Crippen LogP contribution is 2.21. The third kappa shape index (κ3) is 7.97. The van der Waals surface area contributed by atoms with Gasteiger partial charge in [-0.2, -0.15) is 11.8 Å². The summed E-state index contributed by atoms with van der Waals surface area (Å²) in [5.74, 6) is -4.16. The number of nitrogens with one attached hydrogen (secondary N) is 2. The van der Waals surface area contributed by atoms with Gasteiger partial charge in [-0.1, -0.05) is 20.3 Å². The molecule has 0 radical (unpaired) electrons. The maximum atomic E-state index is 13.1. The molecule has 0 aromatic rings. The second-order valence-corrected chi connectivity index (χ2v) is 8.93. The number of likely N-dealkylation sites (tertiary alicyclic amines) is 1. The van der Waals surface area contributed by atoms with E-state index in [0.717, 1.165) is 0 Å². The first-order valence-electron chi connectivity index (χ1n) is 10.6. The predicted molar refractivity (Wildman–Crippen MR) is 119 cm³/mol. The van der Waals surface area contributed by atoms with Crippen molar-refractivity contribution in [3.8, 4) is 0 Å². The van der Waals surface area contributed by atoms with Gasteiger partial charge in [0, 0.05) is 6.54 Å². The fourth-order valence-corrected chi connectivity index (χ4v) is 3.93. The molecule has 1 fully saturated rings. The fourth-order valence-electron chi connectivity index (χ4n) is 3.44. The third-order valence-electron chi connectivity index (χ3n) is 5.58. The molecule has 5 atom stereocenters. The number of thioether (sulfide) groups is 1. The Morgan fingerprint density at radius 2 is 1.81 bits per heavy atom. The molecule has 182 valence electrons. The molecule has 0 bridgehead atoms. The lowest BCUT2D eigenvalue weighted by Crippen LogP contribution is -2.59. The summed E-state index contributed by atoms with van der Waals surface area (Å²) in [7, 11) is 0. The van der Waals surface area contributed by atoms with Crippen molar-refractivity contribution < 1.29 is 34.2 Å². The molecule has 1 aliphatic rings. The largest absolute Gasteiger partial charge is 0.481 e. The van der Waals surface area contributed by atoms with Crippen LogP contribution >= 0.6 is 11.8 Å². The number of carbonyl (C=O) groups is 5. The lowest BCUT2D eigenvalue weighted by Gasteiger charge is -2.31. The number of carboxylic acid groups (broad SMARTS) is 2. The Morgan fingerprint density at radius 1 is 1.16 bits per heavy atom. The predicted octanol–water partition coefficient (Wildman–Crippen LogP) is -0.367. The van der Waals surface area contributed by atoms with Crippen LogP contribution in [0, 0.1) is 5.92 Å². The van der Waals surface area contributed by atoms with E-state index < -0.39 is 60.2 Å². The SMILES string of the molecule is CCC(C)C(NC(=O)C(CC(=O)O)NC(=O)C(N)CCSC)C(=O)N1CCCC1C(=O)O. The van der Waals surface area contributed by atoms with Crippen LogP contribution in [0.3, 0.4) is 0 Å². The number of rotatable bonds is 13. The fraction of sp³-hybridized carbons (Fsp3) is 0.750. The number of nitrogens with two attached hydrogens (primary N) is 1. The van der Waals surface area contributed by atoms with Crippen LogP contribution in [0.1, 0.15) is 46.0 Å². The zero-order valence-electron chi connectivity index (χ0n) is 18.7. The monoisotopic (exact) mass is 474 g/mol. The number of aliphatic carboxylic acids is 2. The summed E-state index contributed by atoms with van der Waals surface area (Å²) in [4.78, 5) is 62.3. The quantitative estimate of drug-likeness (QED) is 0.238. The molecular weight excluding hydrogens is 440 g/mol. The zero-order valence-corrected chi connectivity index (χ0v) is 19.5. The number of carbonyl (C=O) groups excluding carboxylic acids is 3. The van der Waals surface area contributed by atoms with Gasteiger partial charge < -0.3 is 31.5 Å². The van der Waals surface area contributed by atoms with Crippen molar-refractivity contribution in [1.29, 1.82) is 0 Å². The second kappa shape index (κ2) is 13.3. The molecule has 1 aliphatic heterocycles. The molecule has 0 spiro atoms. The molecule has 0 aromatic heterocycles. The van der Waals surface area contributed by atoms with E-state index in [0.29, 0.717) is 31.4 Å². The first kappa shape index (κ1) is 27.7. The molecule has 12 heteroatoms. The number of nitrogens with zero attached hydrogens (tertiary/aromatic N) is 1. The van der Waals surface area contributed by atoms with Crippen molar-refractivity contribution >= 4 is 41.4 Å². The van der Waals surface area contributed by atoms with Gasteiger partial charge in [-0.25, -0.2) is 4.79 Å². The van der Waals surface area contributed by atoms with Crippen molar-refractivity contribution in [2.24, 2.45) is 11.7 Å². The lowest BCUT2D eigenvalue weighted by molar-refractivity contribution is -0.150. The molecule has 3 amide bonds. The van der Waals surface area contributed by atoms with E-state index in [-0.39, 0.29) is 12.5 Å². The highest BCUT2D eigenvalue weighted by molar-refractivity contribution is 7.98. The van der Waals surface area contributed by atoms with Gasteiger partial charge in [0.1, 0.15) is 18.1 Å². The normalized spacial score (nSPS) is 19.5. The lowest BCUT2D eigenvalue weighted by atomic mass is 9.96. The Labute approximate surface area is 191 Å². The summed E-state index contributed by atoms with van der Waals surface area (Å²) >= 11 is 1.50. The van der Waals surface area contributed by atoms with Crippen molar-refractivity contribution in [3.63, 3.8) is 0 Å². The molecule has 1 rings (SSSR count). The van der Waals surface area contributed by atoms with Gasteiger partial charge in [0.25, 0.3) is 0 Å². The van der Waals surface area contributed by atoms with Crippen molar-refractivity contribution in [3.05, 3.63) is 0 Å². The van der Waals surface area contributed by atoms with Gasteiger partial charge in [-0.05, 0) is 37.2 Å². The van der Waals surface area contributed by atoms with Gasteiger partial charge in [-0.15, -0.1) is 0 Å². The van der Waals surface area contributed by atoms with E-state index in [2.05, 4.69) is 10.6 Å². The summed E-state index contributed by atoms with van der Waals surface area (Å²) in [6, 6.07) is -4.34. The van der Waals surface area contributed by atoms with E-state index in [9.17, 15) is 34.2 Å². The van der Waals surface area contributed by atoms with Crippen molar-refractivity contribution in [2.75, 3.05) is 18.6 Å². The molecular formula is C20H34N4O7S. The Morgan fingerprint density at radius 3 is 2.34 bits per heavy atom. The van der Waals surface area contributed by atoms with Gasteiger partial charge >= 0.3 is 11.9 Å². The van der Waals surface area contributed by atoms with E-state index in [1.165, 1.54) is 16.7 Å². The first-order chi connectivity index (χ1) is 15.0. The Balaban J connectivity index is 3.00. The van der Waals surface area contributed by atoms with Crippen LogP contribution in [0.4, 0.5) is 0 Å². The van der Waals surface area contributed by atoms with Crippen LogP contribution in [-0.4, -0.2) is 87.5 Å². The number of amides is 3. The van der Waals surface area contributed by atoms with E-state index in [1.807, 2.05) is 13.2 Å². The minimum Gasteiger partial charge on any atom is -0.481 e. The average Bonchev–Trinajstić information content (AvgIpc) is 3.24.